The van der Waals surface area contributed by atoms with Crippen molar-refractivity contribution in [3.8, 4) is 5.69 Å². The summed E-state index contributed by atoms with van der Waals surface area (Å²) < 4.78 is 1.91. The molecule has 1 aliphatic heterocycles. The lowest BCUT2D eigenvalue weighted by Crippen LogP contribution is -2.54. The summed E-state index contributed by atoms with van der Waals surface area (Å²) in [4.78, 5) is 38.0. The van der Waals surface area contributed by atoms with Gasteiger partial charge < -0.3 is 4.57 Å². The summed E-state index contributed by atoms with van der Waals surface area (Å²) in [6, 6.07) is 13.8. The van der Waals surface area contributed by atoms with Crippen molar-refractivity contribution in [2.75, 3.05) is 4.90 Å². The monoisotopic (exact) mass is 474 g/mol. The van der Waals surface area contributed by atoms with Crippen LogP contribution >= 0.6 is 12.2 Å². The van der Waals surface area contributed by atoms with E-state index in [1.807, 2.05) is 56.5 Å². The lowest BCUT2D eigenvalue weighted by atomic mass is 10.0. The highest BCUT2D eigenvalue weighted by Crippen LogP contribution is 2.28. The van der Waals surface area contributed by atoms with Crippen molar-refractivity contribution in [1.29, 1.82) is 0 Å². The molecule has 4 rings (SSSR count). The molecule has 1 N–H and O–H groups in total. The number of non-ortho nitro benzene ring substituents is 1. The molecule has 8 nitrogen and oxygen atoms in total. The van der Waals surface area contributed by atoms with Gasteiger partial charge in [-0.15, -0.1) is 0 Å². The summed E-state index contributed by atoms with van der Waals surface area (Å²) in [6.07, 6.45) is 1.56. The number of carbonyl (C=O) groups excluding carboxylic acids is 2. The van der Waals surface area contributed by atoms with E-state index in [0.717, 1.165) is 28.2 Å². The number of anilines is 1. The van der Waals surface area contributed by atoms with E-state index in [1.54, 1.807) is 18.2 Å². The molecule has 2 amide bonds. The van der Waals surface area contributed by atoms with E-state index in [0.29, 0.717) is 11.3 Å². The Morgan fingerprint density at radius 2 is 1.68 bits per heavy atom. The SMILES string of the molecule is Cc1ccc(C)c(N2C(=O)/C(=C\c3cc(C)n(-c4ccc([N+](=O)[O-])cc4)c3C)C(=O)NC2=S)c1. The second-order valence-corrected chi connectivity index (χ2v) is 8.57. The van der Waals surface area contributed by atoms with Gasteiger partial charge in [-0.25, -0.2) is 0 Å². The Balaban J connectivity index is 1.76. The highest BCUT2D eigenvalue weighted by Gasteiger charge is 2.35. The molecule has 1 aliphatic rings. The fourth-order valence-electron chi connectivity index (χ4n) is 4.05. The van der Waals surface area contributed by atoms with Gasteiger partial charge in [0.1, 0.15) is 5.57 Å². The quantitative estimate of drug-likeness (QED) is 0.198. The molecule has 0 spiro atoms. The first kappa shape index (κ1) is 23.1. The third-order valence-corrected chi connectivity index (χ3v) is 6.08. The summed E-state index contributed by atoms with van der Waals surface area (Å²) in [6.45, 7) is 7.54. The molecule has 0 saturated carbocycles. The summed E-state index contributed by atoms with van der Waals surface area (Å²) >= 11 is 5.32. The first-order valence-electron chi connectivity index (χ1n) is 10.5. The Kier molecular flexibility index (Phi) is 5.89. The third kappa shape index (κ3) is 4.01. The van der Waals surface area contributed by atoms with Crippen molar-refractivity contribution in [2.24, 2.45) is 0 Å². The van der Waals surface area contributed by atoms with Gasteiger partial charge in [-0.3, -0.25) is 29.9 Å². The number of hydrogen-bond donors (Lipinski definition) is 1. The zero-order valence-electron chi connectivity index (χ0n) is 19.1. The maximum Gasteiger partial charge on any atom is 0.270 e. The standard InChI is InChI=1S/C25H22N4O4S/c1-14-5-6-15(2)22(11-14)28-24(31)21(23(30)26-25(28)34)13-18-12-16(3)27(17(18)4)19-7-9-20(10-8-19)29(32)33/h5-13H,1-4H3,(H,26,30,34)/b21-13-. The van der Waals surface area contributed by atoms with E-state index in [9.17, 15) is 19.7 Å². The fourth-order valence-corrected chi connectivity index (χ4v) is 4.32. The maximum atomic E-state index is 13.4. The highest BCUT2D eigenvalue weighted by molar-refractivity contribution is 7.80. The molecule has 0 bridgehead atoms. The Bertz CT molecular complexity index is 1400. The summed E-state index contributed by atoms with van der Waals surface area (Å²) in [5.41, 5.74) is 5.47. The number of rotatable bonds is 4. The number of hydrogen-bond acceptors (Lipinski definition) is 5. The lowest BCUT2D eigenvalue weighted by molar-refractivity contribution is -0.384. The molecule has 0 aliphatic carbocycles. The Hall–Kier alpha value is -4.11. The van der Waals surface area contributed by atoms with Gasteiger partial charge in [-0.05, 0) is 86.9 Å². The van der Waals surface area contributed by atoms with Gasteiger partial charge in [0.15, 0.2) is 5.11 Å². The van der Waals surface area contributed by atoms with Gasteiger partial charge in [-0.2, -0.15) is 0 Å². The van der Waals surface area contributed by atoms with E-state index in [2.05, 4.69) is 5.32 Å². The number of nitrogens with zero attached hydrogens (tertiary/aromatic N) is 3. The number of thiocarbonyl (C=S) groups is 1. The molecule has 2 heterocycles. The van der Waals surface area contributed by atoms with Crippen molar-refractivity contribution in [2.45, 2.75) is 27.7 Å². The Labute approximate surface area is 201 Å². The Morgan fingerprint density at radius 3 is 2.32 bits per heavy atom. The van der Waals surface area contributed by atoms with Crippen LogP contribution in [0.1, 0.15) is 28.1 Å². The van der Waals surface area contributed by atoms with Crippen LogP contribution in [0.3, 0.4) is 0 Å². The molecule has 9 heteroatoms. The average Bonchev–Trinajstić information content (AvgIpc) is 3.06. The van der Waals surface area contributed by atoms with E-state index >= 15 is 0 Å². The molecule has 2 aromatic carbocycles. The molecular formula is C25H22N4O4S. The molecule has 1 saturated heterocycles. The predicted octanol–water partition coefficient (Wildman–Crippen LogP) is 4.45. The van der Waals surface area contributed by atoms with Crippen molar-refractivity contribution in [3.63, 3.8) is 0 Å². The van der Waals surface area contributed by atoms with Crippen LogP contribution < -0.4 is 10.2 Å². The van der Waals surface area contributed by atoms with Crippen LogP contribution in [0.2, 0.25) is 0 Å². The minimum Gasteiger partial charge on any atom is -0.318 e. The highest BCUT2D eigenvalue weighted by atomic mass is 32.1. The number of nitrogens with one attached hydrogen (secondary N) is 1. The number of nitro groups is 1. The maximum absolute atomic E-state index is 13.4. The van der Waals surface area contributed by atoms with E-state index in [-0.39, 0.29) is 16.4 Å². The lowest BCUT2D eigenvalue weighted by Gasteiger charge is -2.30. The number of nitro benzene ring substituents is 1. The van der Waals surface area contributed by atoms with Crippen molar-refractivity contribution < 1.29 is 14.5 Å². The number of amides is 2. The van der Waals surface area contributed by atoms with Crippen LogP contribution in [-0.4, -0.2) is 26.4 Å². The van der Waals surface area contributed by atoms with Crippen LogP contribution in [0.25, 0.3) is 11.8 Å². The zero-order chi connectivity index (χ0) is 24.7. The largest absolute Gasteiger partial charge is 0.318 e. The average molecular weight is 475 g/mol. The van der Waals surface area contributed by atoms with Crippen LogP contribution in [0.5, 0.6) is 0 Å². The molecule has 34 heavy (non-hydrogen) atoms. The van der Waals surface area contributed by atoms with Crippen LogP contribution in [0, 0.1) is 37.8 Å². The number of aryl methyl sites for hydroxylation is 3. The molecule has 1 fully saturated rings. The second kappa shape index (κ2) is 8.68. The smallest absolute Gasteiger partial charge is 0.270 e. The molecule has 0 radical (unpaired) electrons. The van der Waals surface area contributed by atoms with Gasteiger partial charge >= 0.3 is 0 Å². The number of benzene rings is 2. The minimum absolute atomic E-state index is 0.000490. The number of carbonyl (C=O) groups is 2. The van der Waals surface area contributed by atoms with E-state index in [4.69, 9.17) is 12.2 Å². The molecule has 172 valence electrons. The van der Waals surface area contributed by atoms with Crippen molar-refractivity contribution in [1.82, 2.24) is 9.88 Å². The second-order valence-electron chi connectivity index (χ2n) is 8.18. The van der Waals surface area contributed by atoms with Gasteiger partial charge in [0, 0.05) is 29.2 Å². The van der Waals surface area contributed by atoms with Crippen LogP contribution in [-0.2, 0) is 9.59 Å². The van der Waals surface area contributed by atoms with Gasteiger partial charge in [-0.1, -0.05) is 12.1 Å². The van der Waals surface area contributed by atoms with Gasteiger partial charge in [0.05, 0.1) is 10.6 Å². The summed E-state index contributed by atoms with van der Waals surface area (Å²) in [5, 5.41) is 13.6. The van der Waals surface area contributed by atoms with Crippen LogP contribution in [0.4, 0.5) is 11.4 Å². The van der Waals surface area contributed by atoms with Gasteiger partial charge in [0.25, 0.3) is 17.5 Å². The predicted molar refractivity (Wildman–Crippen MR) is 134 cm³/mol. The normalized spacial score (nSPS) is 15.1. The molecule has 0 unspecified atom stereocenters. The summed E-state index contributed by atoms with van der Waals surface area (Å²) in [5.74, 6) is -1.06. The van der Waals surface area contributed by atoms with Gasteiger partial charge in [0.2, 0.25) is 0 Å². The van der Waals surface area contributed by atoms with E-state index < -0.39 is 16.7 Å². The van der Waals surface area contributed by atoms with Crippen molar-refractivity contribution in [3.05, 3.63) is 92.3 Å². The molecule has 1 aromatic heterocycles. The first-order chi connectivity index (χ1) is 16.1. The minimum atomic E-state index is -0.559. The topological polar surface area (TPSA) is 97.5 Å². The first-order valence-corrected chi connectivity index (χ1v) is 10.9. The zero-order valence-corrected chi connectivity index (χ0v) is 19.9. The Morgan fingerprint density at radius 1 is 1.00 bits per heavy atom. The summed E-state index contributed by atoms with van der Waals surface area (Å²) in [7, 11) is 0. The fraction of sp³-hybridized carbons (Fsp3) is 0.160. The van der Waals surface area contributed by atoms with Crippen molar-refractivity contribution >= 4 is 46.6 Å². The molecule has 0 atom stereocenters. The van der Waals surface area contributed by atoms with Crippen LogP contribution in [0.15, 0.2) is 54.1 Å². The third-order valence-electron chi connectivity index (χ3n) is 5.80. The van der Waals surface area contributed by atoms with E-state index in [1.165, 1.54) is 17.0 Å². The molecule has 3 aromatic rings. The number of aromatic nitrogens is 1. The molecular weight excluding hydrogens is 452 g/mol.